The van der Waals surface area contributed by atoms with E-state index in [0.717, 1.165) is 9.77 Å². The molecule has 1 aliphatic rings. The lowest BCUT2D eigenvalue weighted by Gasteiger charge is -2.15. The first-order chi connectivity index (χ1) is 14.1. The van der Waals surface area contributed by atoms with E-state index in [2.05, 4.69) is 0 Å². The van der Waals surface area contributed by atoms with Gasteiger partial charge in [-0.2, -0.15) is 0 Å². The number of carbonyl (C=O) groups is 2. The van der Waals surface area contributed by atoms with Gasteiger partial charge in [0.2, 0.25) is 0 Å². The summed E-state index contributed by atoms with van der Waals surface area (Å²) in [5.41, 5.74) is 0.947. The highest BCUT2D eigenvalue weighted by Gasteiger charge is 2.40. The minimum Gasteiger partial charge on any atom is -0.494 e. The number of ether oxygens (including phenoxy) is 1. The highest BCUT2D eigenvalue weighted by molar-refractivity contribution is 8.04. The summed E-state index contributed by atoms with van der Waals surface area (Å²) in [5.74, 6) is 0.0399. The number of carbonyl (C=O) groups excluding carboxylic acids is 2. The number of rotatable bonds is 6. The van der Waals surface area contributed by atoms with E-state index >= 15 is 0 Å². The number of amides is 2. The summed E-state index contributed by atoms with van der Waals surface area (Å²) in [5, 5.41) is 2.51. The summed E-state index contributed by atoms with van der Waals surface area (Å²) in [6.07, 6.45) is 0. The summed E-state index contributed by atoms with van der Waals surface area (Å²) in [6.45, 7) is 2.45. The van der Waals surface area contributed by atoms with Gasteiger partial charge in [-0.05, 0) is 66.9 Å². The van der Waals surface area contributed by atoms with Gasteiger partial charge in [0.1, 0.15) is 5.75 Å². The SMILES string of the molecule is CCOc1ccc(N2C(=O)C(Sc3ccc(Cl)cc3)=C(c3cccs3)C2=O)cc1. The predicted octanol–water partition coefficient (Wildman–Crippen LogP) is 5.88. The number of thiophene rings is 1. The van der Waals surface area contributed by atoms with E-state index in [1.807, 2.05) is 36.6 Å². The predicted molar refractivity (Wildman–Crippen MR) is 119 cm³/mol. The van der Waals surface area contributed by atoms with Crippen molar-refractivity contribution in [2.45, 2.75) is 11.8 Å². The Balaban J connectivity index is 1.72. The summed E-state index contributed by atoms with van der Waals surface area (Å²) in [4.78, 5) is 29.8. The molecule has 4 rings (SSSR count). The topological polar surface area (TPSA) is 46.6 Å². The van der Waals surface area contributed by atoms with Gasteiger partial charge in [-0.15, -0.1) is 11.3 Å². The Morgan fingerprint density at radius 1 is 1.00 bits per heavy atom. The van der Waals surface area contributed by atoms with E-state index in [4.69, 9.17) is 16.3 Å². The maximum Gasteiger partial charge on any atom is 0.272 e. The summed E-state index contributed by atoms with van der Waals surface area (Å²) in [7, 11) is 0. The second-order valence-electron chi connectivity index (χ2n) is 6.11. The largest absolute Gasteiger partial charge is 0.494 e. The number of imide groups is 1. The first kappa shape index (κ1) is 19.8. The average molecular weight is 442 g/mol. The van der Waals surface area contributed by atoms with Crippen LogP contribution in [0, 0.1) is 0 Å². The molecule has 0 unspecified atom stereocenters. The maximum absolute atomic E-state index is 13.3. The Morgan fingerprint density at radius 2 is 1.72 bits per heavy atom. The van der Waals surface area contributed by atoms with Crippen molar-refractivity contribution in [2.24, 2.45) is 0 Å². The lowest BCUT2D eigenvalue weighted by atomic mass is 10.2. The highest BCUT2D eigenvalue weighted by atomic mass is 35.5. The van der Waals surface area contributed by atoms with Crippen LogP contribution < -0.4 is 9.64 Å². The Hall–Kier alpha value is -2.54. The second kappa shape index (κ2) is 8.45. The molecule has 2 amide bonds. The maximum atomic E-state index is 13.3. The average Bonchev–Trinajstić information content (AvgIpc) is 3.32. The third-order valence-electron chi connectivity index (χ3n) is 4.25. The van der Waals surface area contributed by atoms with Crippen molar-refractivity contribution in [1.29, 1.82) is 0 Å². The van der Waals surface area contributed by atoms with Crippen LogP contribution in [0.2, 0.25) is 5.02 Å². The molecule has 0 fully saturated rings. The zero-order chi connectivity index (χ0) is 20.4. The van der Waals surface area contributed by atoms with Crippen LogP contribution in [0.15, 0.2) is 75.8 Å². The van der Waals surface area contributed by atoms with E-state index in [0.29, 0.717) is 33.5 Å². The molecule has 0 radical (unpaired) electrons. The van der Waals surface area contributed by atoms with Crippen molar-refractivity contribution in [3.63, 3.8) is 0 Å². The molecule has 2 aromatic carbocycles. The van der Waals surface area contributed by atoms with E-state index in [1.54, 1.807) is 36.4 Å². The number of hydrogen-bond donors (Lipinski definition) is 0. The van der Waals surface area contributed by atoms with Crippen LogP contribution in [0.3, 0.4) is 0 Å². The molecule has 29 heavy (non-hydrogen) atoms. The molecule has 146 valence electrons. The van der Waals surface area contributed by atoms with Crippen molar-refractivity contribution in [3.8, 4) is 5.75 Å². The van der Waals surface area contributed by atoms with Gasteiger partial charge in [-0.1, -0.05) is 29.4 Å². The molecule has 0 N–H and O–H groups in total. The minimum atomic E-state index is -0.331. The quantitative estimate of drug-likeness (QED) is 0.448. The van der Waals surface area contributed by atoms with Gasteiger partial charge in [0.15, 0.2) is 0 Å². The van der Waals surface area contributed by atoms with Gasteiger partial charge >= 0.3 is 0 Å². The Morgan fingerprint density at radius 3 is 2.34 bits per heavy atom. The second-order valence-corrected chi connectivity index (χ2v) is 8.58. The van der Waals surface area contributed by atoms with Gasteiger partial charge in [-0.25, -0.2) is 4.90 Å². The first-order valence-electron chi connectivity index (χ1n) is 8.91. The van der Waals surface area contributed by atoms with Gasteiger partial charge in [-0.3, -0.25) is 9.59 Å². The molecule has 0 atom stereocenters. The number of nitrogens with zero attached hydrogens (tertiary/aromatic N) is 1. The smallest absolute Gasteiger partial charge is 0.272 e. The standard InChI is InChI=1S/C22H16ClNO3S2/c1-2-27-16-9-7-15(8-10-16)24-21(25)19(18-4-3-13-28-18)20(22(24)26)29-17-11-5-14(23)6-12-17/h3-13H,2H2,1H3. The van der Waals surface area contributed by atoms with Crippen molar-refractivity contribution in [3.05, 3.63) is 80.8 Å². The molecule has 0 aliphatic carbocycles. The summed E-state index contributed by atoms with van der Waals surface area (Å²) < 4.78 is 5.45. The molecule has 0 saturated carbocycles. The van der Waals surface area contributed by atoms with E-state index < -0.39 is 0 Å². The van der Waals surface area contributed by atoms with Crippen LogP contribution in [-0.2, 0) is 9.59 Å². The third-order valence-corrected chi connectivity index (χ3v) is 6.48. The molecule has 4 nitrogen and oxygen atoms in total. The van der Waals surface area contributed by atoms with Crippen molar-refractivity contribution < 1.29 is 14.3 Å². The fraction of sp³-hybridized carbons (Fsp3) is 0.0909. The molecular formula is C22H16ClNO3S2. The number of hydrogen-bond acceptors (Lipinski definition) is 5. The van der Waals surface area contributed by atoms with Gasteiger partial charge < -0.3 is 4.74 Å². The Bertz CT molecular complexity index is 1070. The van der Waals surface area contributed by atoms with E-state index in [-0.39, 0.29) is 11.8 Å². The molecule has 0 saturated heterocycles. The molecule has 3 aromatic rings. The Kier molecular flexibility index (Phi) is 5.76. The minimum absolute atomic E-state index is 0.321. The molecular weight excluding hydrogens is 426 g/mol. The monoisotopic (exact) mass is 441 g/mol. The number of benzene rings is 2. The van der Waals surface area contributed by atoms with Crippen LogP contribution in [0.25, 0.3) is 5.57 Å². The zero-order valence-electron chi connectivity index (χ0n) is 15.4. The van der Waals surface area contributed by atoms with Crippen LogP contribution in [-0.4, -0.2) is 18.4 Å². The van der Waals surface area contributed by atoms with Crippen LogP contribution >= 0.6 is 34.7 Å². The number of thioether (sulfide) groups is 1. The molecule has 2 heterocycles. The van der Waals surface area contributed by atoms with Gasteiger partial charge in [0.05, 0.1) is 22.8 Å². The number of anilines is 1. The summed E-state index contributed by atoms with van der Waals surface area (Å²) in [6, 6.07) is 17.9. The summed E-state index contributed by atoms with van der Waals surface area (Å²) >= 11 is 8.69. The molecule has 1 aliphatic heterocycles. The van der Waals surface area contributed by atoms with Crippen molar-refractivity contribution in [2.75, 3.05) is 11.5 Å². The van der Waals surface area contributed by atoms with Crippen LogP contribution in [0.1, 0.15) is 11.8 Å². The fourth-order valence-corrected chi connectivity index (χ4v) is 4.90. The van der Waals surface area contributed by atoms with Crippen molar-refractivity contribution >= 4 is 57.8 Å². The van der Waals surface area contributed by atoms with Crippen LogP contribution in [0.4, 0.5) is 5.69 Å². The van der Waals surface area contributed by atoms with Crippen molar-refractivity contribution in [1.82, 2.24) is 0 Å². The lowest BCUT2D eigenvalue weighted by Crippen LogP contribution is -2.31. The normalized spacial score (nSPS) is 14.1. The molecule has 0 bridgehead atoms. The first-order valence-corrected chi connectivity index (χ1v) is 11.0. The van der Waals surface area contributed by atoms with Gasteiger partial charge in [0.25, 0.3) is 11.8 Å². The van der Waals surface area contributed by atoms with E-state index in [1.165, 1.54) is 28.0 Å². The lowest BCUT2D eigenvalue weighted by molar-refractivity contribution is -0.119. The molecule has 0 spiro atoms. The van der Waals surface area contributed by atoms with Crippen LogP contribution in [0.5, 0.6) is 5.75 Å². The van der Waals surface area contributed by atoms with E-state index in [9.17, 15) is 9.59 Å². The van der Waals surface area contributed by atoms with Gasteiger partial charge in [0, 0.05) is 14.8 Å². The molecule has 7 heteroatoms. The number of halogens is 1. The fourth-order valence-electron chi connectivity index (χ4n) is 2.96. The molecule has 1 aromatic heterocycles. The Labute approximate surface area is 181 Å². The zero-order valence-corrected chi connectivity index (χ0v) is 17.8. The third kappa shape index (κ3) is 3.96. The highest BCUT2D eigenvalue weighted by Crippen LogP contribution is 2.42.